The van der Waals surface area contributed by atoms with Crippen LogP contribution >= 0.6 is 12.4 Å². The fraction of sp³-hybridized carbons (Fsp3) is 0.867. The van der Waals surface area contributed by atoms with Gasteiger partial charge in [0.15, 0.2) is 0 Å². The van der Waals surface area contributed by atoms with E-state index in [9.17, 15) is 9.59 Å². The molecule has 0 aromatic rings. The number of rotatable bonds is 3. The quantitative estimate of drug-likeness (QED) is 0.814. The Labute approximate surface area is 139 Å². The smallest absolute Gasteiger partial charge is 0.317 e. The molecule has 1 saturated heterocycles. The summed E-state index contributed by atoms with van der Waals surface area (Å²) in [6.07, 6.45) is 5.90. The van der Waals surface area contributed by atoms with E-state index in [1.807, 2.05) is 16.7 Å². The highest BCUT2D eigenvalue weighted by molar-refractivity contribution is 5.85. The van der Waals surface area contributed by atoms with Crippen molar-refractivity contribution in [2.45, 2.75) is 45.1 Å². The van der Waals surface area contributed by atoms with Crippen molar-refractivity contribution < 1.29 is 9.59 Å². The van der Waals surface area contributed by atoms with Crippen molar-refractivity contribution in [3.8, 4) is 0 Å². The second-order valence-electron chi connectivity index (χ2n) is 6.23. The van der Waals surface area contributed by atoms with Crippen molar-refractivity contribution in [1.29, 1.82) is 0 Å². The van der Waals surface area contributed by atoms with E-state index in [0.717, 1.165) is 12.8 Å². The Morgan fingerprint density at radius 3 is 2.18 bits per heavy atom. The van der Waals surface area contributed by atoms with E-state index >= 15 is 0 Å². The van der Waals surface area contributed by atoms with E-state index in [-0.39, 0.29) is 30.3 Å². The third kappa shape index (κ3) is 5.02. The van der Waals surface area contributed by atoms with Crippen LogP contribution in [-0.4, -0.2) is 60.5 Å². The number of carbonyl (C=O) groups excluding carboxylic acids is 2. The molecule has 2 aliphatic rings. The maximum Gasteiger partial charge on any atom is 0.317 e. The van der Waals surface area contributed by atoms with E-state index in [4.69, 9.17) is 5.73 Å². The minimum absolute atomic E-state index is 0. The van der Waals surface area contributed by atoms with Gasteiger partial charge < -0.3 is 20.9 Å². The number of hydrogen-bond acceptors (Lipinski definition) is 3. The Bertz CT molecular complexity index is 367. The van der Waals surface area contributed by atoms with Crippen LogP contribution in [0.1, 0.15) is 39.0 Å². The number of hydrogen-bond donors (Lipinski definition) is 2. The predicted molar refractivity (Wildman–Crippen MR) is 89.0 cm³/mol. The molecule has 22 heavy (non-hydrogen) atoms. The molecule has 7 heteroatoms. The molecule has 6 nitrogen and oxygen atoms in total. The van der Waals surface area contributed by atoms with E-state index in [1.54, 1.807) is 0 Å². The highest BCUT2D eigenvalue weighted by atomic mass is 35.5. The van der Waals surface area contributed by atoms with Crippen molar-refractivity contribution in [2.24, 2.45) is 11.7 Å². The van der Waals surface area contributed by atoms with E-state index < -0.39 is 0 Å². The van der Waals surface area contributed by atoms with Gasteiger partial charge in [-0.15, -0.1) is 12.4 Å². The zero-order valence-corrected chi connectivity index (χ0v) is 14.2. The first-order valence-corrected chi connectivity index (χ1v) is 8.16. The molecule has 1 heterocycles. The zero-order valence-electron chi connectivity index (χ0n) is 13.4. The van der Waals surface area contributed by atoms with Gasteiger partial charge in [0.05, 0.1) is 0 Å². The highest BCUT2D eigenvalue weighted by Crippen LogP contribution is 2.17. The lowest BCUT2D eigenvalue weighted by molar-refractivity contribution is -0.136. The molecule has 1 atom stereocenters. The van der Waals surface area contributed by atoms with Crippen LogP contribution in [0.2, 0.25) is 0 Å². The van der Waals surface area contributed by atoms with E-state index in [1.165, 1.54) is 19.3 Å². The minimum Gasteiger partial charge on any atom is -0.339 e. The molecule has 3 amide bonds. The van der Waals surface area contributed by atoms with Crippen LogP contribution < -0.4 is 11.1 Å². The lowest BCUT2D eigenvalue weighted by Crippen LogP contribution is -2.55. The fourth-order valence-corrected chi connectivity index (χ4v) is 3.06. The molecule has 0 aromatic carbocycles. The molecule has 0 bridgehead atoms. The lowest BCUT2D eigenvalue weighted by Gasteiger charge is -2.36. The summed E-state index contributed by atoms with van der Waals surface area (Å²) >= 11 is 0. The van der Waals surface area contributed by atoms with Gasteiger partial charge in [0, 0.05) is 44.7 Å². The SMILES string of the molecule is CC(CN)C(=O)N1CCN(C(=O)NC2CCCCC2)CC1.Cl. The third-order valence-electron chi connectivity index (χ3n) is 4.59. The monoisotopic (exact) mass is 332 g/mol. The maximum absolute atomic E-state index is 12.2. The van der Waals surface area contributed by atoms with E-state index in [0.29, 0.717) is 38.8 Å². The van der Waals surface area contributed by atoms with E-state index in [2.05, 4.69) is 5.32 Å². The number of piperazine rings is 1. The van der Waals surface area contributed by atoms with Crippen LogP contribution in [0.15, 0.2) is 0 Å². The van der Waals surface area contributed by atoms with Gasteiger partial charge in [-0.05, 0) is 12.8 Å². The lowest BCUT2D eigenvalue weighted by atomic mass is 9.96. The number of amides is 3. The number of halogens is 1. The van der Waals surface area contributed by atoms with Gasteiger partial charge in [-0.25, -0.2) is 4.79 Å². The molecule has 1 aliphatic carbocycles. The Morgan fingerprint density at radius 2 is 1.64 bits per heavy atom. The minimum atomic E-state index is -0.132. The Balaban J connectivity index is 0.00000242. The first kappa shape index (κ1) is 19.0. The summed E-state index contributed by atoms with van der Waals surface area (Å²) in [4.78, 5) is 27.9. The summed E-state index contributed by atoms with van der Waals surface area (Å²) in [6, 6.07) is 0.365. The van der Waals surface area contributed by atoms with Gasteiger partial charge >= 0.3 is 6.03 Å². The first-order chi connectivity index (χ1) is 10.1. The van der Waals surface area contributed by atoms with Crippen LogP contribution in [0.25, 0.3) is 0 Å². The summed E-state index contributed by atoms with van der Waals surface area (Å²) < 4.78 is 0. The van der Waals surface area contributed by atoms with Crippen LogP contribution in [0, 0.1) is 5.92 Å². The van der Waals surface area contributed by atoms with Crippen molar-refractivity contribution in [3.05, 3.63) is 0 Å². The van der Waals surface area contributed by atoms with Gasteiger partial charge in [-0.1, -0.05) is 26.2 Å². The number of nitrogens with two attached hydrogens (primary N) is 1. The molecule has 1 aliphatic heterocycles. The fourth-order valence-electron chi connectivity index (χ4n) is 3.06. The molecular weight excluding hydrogens is 304 g/mol. The topological polar surface area (TPSA) is 78.7 Å². The average molecular weight is 333 g/mol. The van der Waals surface area contributed by atoms with Crippen molar-refractivity contribution >= 4 is 24.3 Å². The standard InChI is InChI=1S/C15H28N4O2.ClH/c1-12(11-16)14(20)18-7-9-19(10-8-18)15(21)17-13-5-3-2-4-6-13;/h12-13H,2-11,16H2,1H3,(H,17,21);1H. The summed E-state index contributed by atoms with van der Waals surface area (Å²) in [5, 5.41) is 3.13. The molecule has 0 aromatic heterocycles. The summed E-state index contributed by atoms with van der Waals surface area (Å²) in [7, 11) is 0. The Kier molecular flexibility index (Phi) is 7.96. The van der Waals surface area contributed by atoms with Crippen molar-refractivity contribution in [2.75, 3.05) is 32.7 Å². The molecule has 0 radical (unpaired) electrons. The second kappa shape index (κ2) is 9.20. The average Bonchev–Trinajstić information content (AvgIpc) is 2.54. The highest BCUT2D eigenvalue weighted by Gasteiger charge is 2.27. The summed E-state index contributed by atoms with van der Waals surface area (Å²) in [5.74, 6) is -0.0301. The molecule has 3 N–H and O–H groups in total. The number of urea groups is 1. The Morgan fingerprint density at radius 1 is 1.09 bits per heavy atom. The molecule has 2 fully saturated rings. The molecular formula is C15H29ClN4O2. The van der Waals surface area contributed by atoms with Crippen LogP contribution in [0.4, 0.5) is 4.79 Å². The van der Waals surface area contributed by atoms with Gasteiger partial charge in [0.25, 0.3) is 0 Å². The second-order valence-corrected chi connectivity index (χ2v) is 6.23. The maximum atomic E-state index is 12.2. The molecule has 128 valence electrons. The normalized spacial score (nSPS) is 21.0. The third-order valence-corrected chi connectivity index (χ3v) is 4.59. The summed E-state index contributed by atoms with van der Waals surface area (Å²) in [5.41, 5.74) is 5.54. The molecule has 2 rings (SSSR count). The van der Waals surface area contributed by atoms with Crippen molar-refractivity contribution in [1.82, 2.24) is 15.1 Å². The Hall–Kier alpha value is -1.01. The zero-order chi connectivity index (χ0) is 15.2. The largest absolute Gasteiger partial charge is 0.339 e. The number of nitrogens with zero attached hydrogens (tertiary/aromatic N) is 2. The molecule has 1 unspecified atom stereocenters. The number of nitrogens with one attached hydrogen (secondary N) is 1. The van der Waals surface area contributed by atoms with Gasteiger partial charge in [0.1, 0.15) is 0 Å². The van der Waals surface area contributed by atoms with Crippen LogP contribution in [-0.2, 0) is 4.79 Å². The molecule has 1 saturated carbocycles. The first-order valence-electron chi connectivity index (χ1n) is 8.16. The predicted octanol–water partition coefficient (Wildman–Crippen LogP) is 1.19. The number of carbonyl (C=O) groups is 2. The molecule has 0 spiro atoms. The van der Waals surface area contributed by atoms with Gasteiger partial charge in [-0.2, -0.15) is 0 Å². The van der Waals surface area contributed by atoms with Gasteiger partial charge in [-0.3, -0.25) is 4.79 Å². The summed E-state index contributed by atoms with van der Waals surface area (Å²) in [6.45, 7) is 4.68. The van der Waals surface area contributed by atoms with Crippen molar-refractivity contribution in [3.63, 3.8) is 0 Å². The van der Waals surface area contributed by atoms with Gasteiger partial charge in [0.2, 0.25) is 5.91 Å². The van der Waals surface area contributed by atoms with Crippen LogP contribution in [0.5, 0.6) is 0 Å². The van der Waals surface area contributed by atoms with Crippen LogP contribution in [0.3, 0.4) is 0 Å².